The summed E-state index contributed by atoms with van der Waals surface area (Å²) in [4.78, 5) is 11.5. The predicted octanol–water partition coefficient (Wildman–Crippen LogP) is 2.35. The highest BCUT2D eigenvalue weighted by Crippen LogP contribution is 2.09. The van der Waals surface area contributed by atoms with E-state index in [2.05, 4.69) is 10.6 Å². The number of carbonyl (C=O) groups is 1. The minimum atomic E-state index is -0.576. The van der Waals surface area contributed by atoms with E-state index >= 15 is 0 Å². The SMILES string of the molecule is CCC(C)C(O)CNC(=O)Nc1cccc(F)c1. The summed E-state index contributed by atoms with van der Waals surface area (Å²) in [6, 6.07) is 5.18. The summed E-state index contributed by atoms with van der Waals surface area (Å²) >= 11 is 0. The number of aliphatic hydroxyl groups is 1. The molecule has 3 N–H and O–H groups in total. The van der Waals surface area contributed by atoms with E-state index in [9.17, 15) is 14.3 Å². The largest absolute Gasteiger partial charge is 0.391 e. The van der Waals surface area contributed by atoms with E-state index in [-0.39, 0.29) is 12.5 Å². The Bertz CT molecular complexity index is 398. The van der Waals surface area contributed by atoms with Gasteiger partial charge in [0.15, 0.2) is 0 Å². The third-order valence-corrected chi connectivity index (χ3v) is 2.86. The Morgan fingerprint density at radius 2 is 2.22 bits per heavy atom. The summed E-state index contributed by atoms with van der Waals surface area (Å²) in [5.41, 5.74) is 0.380. The van der Waals surface area contributed by atoms with Crippen molar-refractivity contribution in [3.63, 3.8) is 0 Å². The van der Waals surface area contributed by atoms with Crippen molar-refractivity contribution in [1.29, 1.82) is 0 Å². The van der Waals surface area contributed by atoms with Gasteiger partial charge in [-0.2, -0.15) is 0 Å². The first-order valence-electron chi connectivity index (χ1n) is 6.01. The van der Waals surface area contributed by atoms with Crippen LogP contribution in [-0.2, 0) is 0 Å². The van der Waals surface area contributed by atoms with Gasteiger partial charge in [0.2, 0.25) is 0 Å². The van der Waals surface area contributed by atoms with Crippen LogP contribution in [0.25, 0.3) is 0 Å². The van der Waals surface area contributed by atoms with Crippen molar-refractivity contribution in [3.8, 4) is 0 Å². The van der Waals surface area contributed by atoms with Gasteiger partial charge < -0.3 is 15.7 Å². The van der Waals surface area contributed by atoms with Crippen LogP contribution in [0.4, 0.5) is 14.9 Å². The lowest BCUT2D eigenvalue weighted by molar-refractivity contribution is 0.115. The van der Waals surface area contributed by atoms with Gasteiger partial charge in [0.05, 0.1) is 6.10 Å². The first-order chi connectivity index (χ1) is 8.52. The number of aliphatic hydroxyl groups excluding tert-OH is 1. The van der Waals surface area contributed by atoms with Crippen molar-refractivity contribution in [1.82, 2.24) is 5.32 Å². The molecular formula is C13H19FN2O2. The van der Waals surface area contributed by atoms with E-state index in [0.717, 1.165) is 6.42 Å². The maximum atomic E-state index is 12.9. The monoisotopic (exact) mass is 254 g/mol. The quantitative estimate of drug-likeness (QED) is 0.755. The zero-order valence-corrected chi connectivity index (χ0v) is 10.6. The minimum Gasteiger partial charge on any atom is -0.391 e. The second-order valence-corrected chi connectivity index (χ2v) is 4.30. The third kappa shape index (κ3) is 4.71. The third-order valence-electron chi connectivity index (χ3n) is 2.86. The average molecular weight is 254 g/mol. The number of nitrogens with one attached hydrogen (secondary N) is 2. The first-order valence-corrected chi connectivity index (χ1v) is 6.01. The van der Waals surface area contributed by atoms with Gasteiger partial charge in [-0.25, -0.2) is 9.18 Å². The standard InChI is InChI=1S/C13H19FN2O2/c1-3-9(2)12(17)8-15-13(18)16-11-6-4-5-10(14)7-11/h4-7,9,12,17H,3,8H2,1-2H3,(H2,15,16,18). The smallest absolute Gasteiger partial charge is 0.319 e. The molecule has 0 heterocycles. The van der Waals surface area contributed by atoms with Crippen molar-refractivity contribution < 1.29 is 14.3 Å². The zero-order chi connectivity index (χ0) is 13.5. The van der Waals surface area contributed by atoms with Crippen LogP contribution in [0.3, 0.4) is 0 Å². The molecule has 0 fully saturated rings. The Kier molecular flexibility index (Phi) is 5.58. The molecule has 18 heavy (non-hydrogen) atoms. The number of carbonyl (C=O) groups excluding carboxylic acids is 1. The van der Waals surface area contributed by atoms with Crippen LogP contribution in [0.5, 0.6) is 0 Å². The summed E-state index contributed by atoms with van der Waals surface area (Å²) in [7, 11) is 0. The number of urea groups is 1. The van der Waals surface area contributed by atoms with E-state index in [1.165, 1.54) is 18.2 Å². The molecule has 2 atom stereocenters. The molecule has 0 aliphatic carbocycles. The van der Waals surface area contributed by atoms with Crippen molar-refractivity contribution >= 4 is 11.7 Å². The summed E-state index contributed by atoms with van der Waals surface area (Å²) in [5, 5.41) is 14.7. The highest BCUT2D eigenvalue weighted by molar-refractivity contribution is 5.89. The van der Waals surface area contributed by atoms with Crippen molar-refractivity contribution in [2.75, 3.05) is 11.9 Å². The molecule has 4 nitrogen and oxygen atoms in total. The summed E-state index contributed by atoms with van der Waals surface area (Å²) < 4.78 is 12.9. The molecule has 100 valence electrons. The van der Waals surface area contributed by atoms with Crippen molar-refractivity contribution in [2.24, 2.45) is 5.92 Å². The van der Waals surface area contributed by atoms with Crippen LogP contribution in [0.15, 0.2) is 24.3 Å². The van der Waals surface area contributed by atoms with Crippen LogP contribution in [-0.4, -0.2) is 23.8 Å². The second-order valence-electron chi connectivity index (χ2n) is 4.30. The molecule has 0 aromatic heterocycles. The van der Waals surface area contributed by atoms with E-state index in [1.807, 2.05) is 13.8 Å². The maximum absolute atomic E-state index is 12.9. The fourth-order valence-corrected chi connectivity index (χ4v) is 1.41. The highest BCUT2D eigenvalue weighted by Gasteiger charge is 2.13. The molecule has 0 spiro atoms. The number of amides is 2. The van der Waals surface area contributed by atoms with Gasteiger partial charge in [-0.05, 0) is 24.1 Å². The zero-order valence-electron chi connectivity index (χ0n) is 10.6. The molecule has 2 amide bonds. The summed E-state index contributed by atoms with van der Waals surface area (Å²) in [6.07, 6.45) is 0.266. The van der Waals surface area contributed by atoms with E-state index in [1.54, 1.807) is 6.07 Å². The Morgan fingerprint density at radius 1 is 1.50 bits per heavy atom. The molecule has 0 bridgehead atoms. The molecule has 1 rings (SSSR count). The Labute approximate surface area is 106 Å². The average Bonchev–Trinajstić information content (AvgIpc) is 2.35. The first kappa shape index (κ1) is 14.4. The minimum absolute atomic E-state index is 0.125. The molecule has 1 aromatic carbocycles. The molecule has 0 saturated heterocycles. The normalized spacial score (nSPS) is 13.8. The van der Waals surface area contributed by atoms with Crippen LogP contribution in [0.1, 0.15) is 20.3 Å². The van der Waals surface area contributed by atoms with E-state index in [0.29, 0.717) is 5.69 Å². The maximum Gasteiger partial charge on any atom is 0.319 e. The lowest BCUT2D eigenvalue weighted by atomic mass is 10.0. The van der Waals surface area contributed by atoms with Gasteiger partial charge in [-0.1, -0.05) is 26.3 Å². The molecule has 1 aromatic rings. The Hall–Kier alpha value is -1.62. The van der Waals surface area contributed by atoms with E-state index < -0.39 is 18.0 Å². The molecule has 0 aliphatic heterocycles. The van der Waals surface area contributed by atoms with Gasteiger partial charge in [-0.3, -0.25) is 0 Å². The Morgan fingerprint density at radius 3 is 2.83 bits per heavy atom. The van der Waals surface area contributed by atoms with Gasteiger partial charge in [0, 0.05) is 12.2 Å². The van der Waals surface area contributed by atoms with Crippen LogP contribution < -0.4 is 10.6 Å². The molecule has 0 aliphatic rings. The summed E-state index contributed by atoms with van der Waals surface area (Å²) in [6.45, 7) is 4.06. The number of anilines is 1. The van der Waals surface area contributed by atoms with Crippen molar-refractivity contribution in [2.45, 2.75) is 26.4 Å². The highest BCUT2D eigenvalue weighted by atomic mass is 19.1. The number of hydrogen-bond acceptors (Lipinski definition) is 2. The number of rotatable bonds is 5. The van der Waals surface area contributed by atoms with Crippen LogP contribution >= 0.6 is 0 Å². The molecule has 0 saturated carbocycles. The topological polar surface area (TPSA) is 61.4 Å². The molecule has 5 heteroatoms. The Balaban J connectivity index is 2.38. The number of benzene rings is 1. The van der Waals surface area contributed by atoms with Crippen LogP contribution in [0, 0.1) is 11.7 Å². The molecular weight excluding hydrogens is 235 g/mol. The lowest BCUT2D eigenvalue weighted by Gasteiger charge is -2.17. The van der Waals surface area contributed by atoms with Gasteiger partial charge in [0.1, 0.15) is 5.82 Å². The number of halogens is 1. The van der Waals surface area contributed by atoms with Gasteiger partial charge in [-0.15, -0.1) is 0 Å². The number of hydrogen-bond donors (Lipinski definition) is 3. The van der Waals surface area contributed by atoms with E-state index in [4.69, 9.17) is 0 Å². The summed E-state index contributed by atoms with van der Waals surface area (Å²) in [5.74, 6) is -0.285. The van der Waals surface area contributed by atoms with Gasteiger partial charge >= 0.3 is 6.03 Å². The van der Waals surface area contributed by atoms with Crippen molar-refractivity contribution in [3.05, 3.63) is 30.1 Å². The van der Waals surface area contributed by atoms with Crippen LogP contribution in [0.2, 0.25) is 0 Å². The fraction of sp³-hybridized carbons (Fsp3) is 0.462. The molecule has 0 radical (unpaired) electrons. The van der Waals surface area contributed by atoms with Gasteiger partial charge in [0.25, 0.3) is 0 Å². The lowest BCUT2D eigenvalue weighted by Crippen LogP contribution is -2.37. The second kappa shape index (κ2) is 6.96. The predicted molar refractivity (Wildman–Crippen MR) is 68.9 cm³/mol. The molecule has 2 unspecified atom stereocenters. The fourth-order valence-electron chi connectivity index (χ4n) is 1.41.